The van der Waals surface area contributed by atoms with Gasteiger partial charge in [0, 0.05) is 6.61 Å². The van der Waals surface area contributed by atoms with Gasteiger partial charge in [-0.2, -0.15) is 18.3 Å². The summed E-state index contributed by atoms with van der Waals surface area (Å²) in [5.41, 5.74) is -1.08. The normalized spacial score (nSPS) is 18.4. The van der Waals surface area contributed by atoms with Gasteiger partial charge in [-0.05, 0) is 25.0 Å². The minimum atomic E-state index is -4.65. The second-order valence-corrected chi connectivity index (χ2v) is 5.56. The molecule has 0 radical (unpaired) electrons. The zero-order valence-electron chi connectivity index (χ0n) is 12.7. The van der Waals surface area contributed by atoms with E-state index in [4.69, 9.17) is 4.74 Å². The van der Waals surface area contributed by atoms with Gasteiger partial charge in [0.1, 0.15) is 0 Å². The monoisotopic (exact) mass is 339 g/mol. The summed E-state index contributed by atoms with van der Waals surface area (Å²) in [5.74, 6) is -0.923. The number of nitrogens with one attached hydrogen (secondary N) is 1. The highest BCUT2D eigenvalue weighted by Crippen LogP contribution is 2.36. The lowest BCUT2D eigenvalue weighted by Crippen LogP contribution is -2.30. The zero-order valence-corrected chi connectivity index (χ0v) is 12.7. The van der Waals surface area contributed by atoms with E-state index in [-0.39, 0.29) is 18.0 Å². The van der Waals surface area contributed by atoms with Crippen LogP contribution >= 0.6 is 0 Å². The number of aromatic nitrogens is 2. The molecule has 2 heterocycles. The summed E-state index contributed by atoms with van der Waals surface area (Å²) in [6, 6.07) is 7.97. The van der Waals surface area contributed by atoms with E-state index in [2.05, 4.69) is 10.4 Å². The van der Waals surface area contributed by atoms with Crippen molar-refractivity contribution in [2.24, 2.45) is 5.92 Å². The molecule has 1 atom stereocenters. The van der Waals surface area contributed by atoms with Crippen molar-refractivity contribution in [1.29, 1.82) is 0 Å². The lowest BCUT2D eigenvalue weighted by molar-refractivity contribution is -0.142. The molecular formula is C16H16F3N3O2. The second-order valence-electron chi connectivity index (χ2n) is 5.56. The number of carbonyl (C=O) groups is 1. The van der Waals surface area contributed by atoms with Gasteiger partial charge in [0.25, 0.3) is 0 Å². The minimum Gasteiger partial charge on any atom is -0.381 e. The van der Waals surface area contributed by atoms with Gasteiger partial charge in [0.2, 0.25) is 5.91 Å². The first-order valence-electron chi connectivity index (χ1n) is 7.56. The highest BCUT2D eigenvalue weighted by atomic mass is 19.4. The molecule has 0 unspecified atom stereocenters. The Bertz CT molecular complexity index is 707. The maximum atomic E-state index is 13.5. The number of anilines is 1. The van der Waals surface area contributed by atoms with Crippen molar-refractivity contribution in [3.63, 3.8) is 0 Å². The van der Waals surface area contributed by atoms with Crippen LogP contribution in [0.15, 0.2) is 36.5 Å². The van der Waals surface area contributed by atoms with E-state index in [0.717, 1.165) is 10.9 Å². The SMILES string of the molecule is O=C(Nc1cnn(-c2ccccc2)c1C(F)(F)F)[C@@H]1CCCOC1. The van der Waals surface area contributed by atoms with E-state index in [1.165, 1.54) is 12.1 Å². The van der Waals surface area contributed by atoms with Crippen molar-refractivity contribution >= 4 is 11.6 Å². The van der Waals surface area contributed by atoms with E-state index in [1.807, 2.05) is 0 Å². The number of halogens is 3. The molecule has 128 valence electrons. The van der Waals surface area contributed by atoms with Crippen LogP contribution in [0.4, 0.5) is 18.9 Å². The first kappa shape index (κ1) is 16.5. The predicted octanol–water partition coefficient (Wildman–Crippen LogP) is 3.26. The van der Waals surface area contributed by atoms with Crippen LogP contribution in [0.25, 0.3) is 5.69 Å². The number of alkyl halides is 3. The zero-order chi connectivity index (χ0) is 17.2. The smallest absolute Gasteiger partial charge is 0.381 e. The molecule has 0 saturated carbocycles. The summed E-state index contributed by atoms with van der Waals surface area (Å²) in [6.07, 6.45) is -2.32. The van der Waals surface area contributed by atoms with Crippen LogP contribution in [0.5, 0.6) is 0 Å². The maximum absolute atomic E-state index is 13.5. The Morgan fingerprint density at radius 1 is 1.29 bits per heavy atom. The quantitative estimate of drug-likeness (QED) is 0.934. The number of para-hydroxylation sites is 1. The van der Waals surface area contributed by atoms with Crippen molar-refractivity contribution in [2.75, 3.05) is 18.5 Å². The van der Waals surface area contributed by atoms with E-state index < -0.39 is 23.7 Å². The molecule has 1 N–H and O–H groups in total. The van der Waals surface area contributed by atoms with E-state index >= 15 is 0 Å². The summed E-state index contributed by atoms with van der Waals surface area (Å²) < 4.78 is 46.4. The third-order valence-corrected chi connectivity index (χ3v) is 3.83. The van der Waals surface area contributed by atoms with Crippen LogP contribution in [0.3, 0.4) is 0 Å². The van der Waals surface area contributed by atoms with Crippen LogP contribution in [0.2, 0.25) is 0 Å². The molecule has 1 aromatic heterocycles. The summed E-state index contributed by atoms with van der Waals surface area (Å²) in [7, 11) is 0. The van der Waals surface area contributed by atoms with Crippen molar-refractivity contribution in [3.05, 3.63) is 42.2 Å². The first-order valence-corrected chi connectivity index (χ1v) is 7.56. The number of hydrogen-bond acceptors (Lipinski definition) is 3. The molecule has 1 aliphatic rings. The number of nitrogens with zero attached hydrogens (tertiary/aromatic N) is 2. The van der Waals surface area contributed by atoms with Crippen LogP contribution in [-0.2, 0) is 15.7 Å². The Balaban J connectivity index is 1.91. The van der Waals surface area contributed by atoms with E-state index in [1.54, 1.807) is 18.2 Å². The van der Waals surface area contributed by atoms with Crippen molar-refractivity contribution in [3.8, 4) is 5.69 Å². The van der Waals surface area contributed by atoms with Gasteiger partial charge < -0.3 is 10.1 Å². The van der Waals surface area contributed by atoms with Crippen LogP contribution in [0, 0.1) is 5.92 Å². The van der Waals surface area contributed by atoms with Gasteiger partial charge in [0.05, 0.1) is 30.1 Å². The van der Waals surface area contributed by atoms with Gasteiger partial charge in [0.15, 0.2) is 5.69 Å². The first-order chi connectivity index (χ1) is 11.5. The maximum Gasteiger partial charge on any atom is 0.435 e. The average molecular weight is 339 g/mol. The largest absolute Gasteiger partial charge is 0.435 e. The number of hydrogen-bond donors (Lipinski definition) is 1. The molecule has 5 nitrogen and oxygen atoms in total. The fourth-order valence-electron chi connectivity index (χ4n) is 2.66. The molecule has 0 spiro atoms. The predicted molar refractivity (Wildman–Crippen MR) is 80.7 cm³/mol. The molecule has 1 saturated heterocycles. The Morgan fingerprint density at radius 2 is 2.04 bits per heavy atom. The highest BCUT2D eigenvalue weighted by molar-refractivity contribution is 5.93. The average Bonchev–Trinajstić information content (AvgIpc) is 3.00. The topological polar surface area (TPSA) is 56.2 Å². The fourth-order valence-corrected chi connectivity index (χ4v) is 2.66. The van der Waals surface area contributed by atoms with E-state index in [0.29, 0.717) is 19.4 Å². The third-order valence-electron chi connectivity index (χ3n) is 3.83. The molecule has 1 amide bonds. The number of benzene rings is 1. The van der Waals surface area contributed by atoms with Crippen LogP contribution in [0.1, 0.15) is 18.5 Å². The molecule has 24 heavy (non-hydrogen) atoms. The van der Waals surface area contributed by atoms with Gasteiger partial charge in [-0.15, -0.1) is 0 Å². The van der Waals surface area contributed by atoms with Crippen LogP contribution in [-0.4, -0.2) is 28.9 Å². The minimum absolute atomic E-state index is 0.222. The third kappa shape index (κ3) is 3.43. The molecule has 3 rings (SSSR count). The molecule has 0 aliphatic carbocycles. The number of amides is 1. The molecule has 0 bridgehead atoms. The molecular weight excluding hydrogens is 323 g/mol. The van der Waals surface area contributed by atoms with E-state index in [9.17, 15) is 18.0 Å². The summed E-state index contributed by atoms with van der Waals surface area (Å²) in [4.78, 5) is 12.2. The van der Waals surface area contributed by atoms with Crippen molar-refractivity contribution in [2.45, 2.75) is 19.0 Å². The Labute approximate surface area is 136 Å². The number of rotatable bonds is 3. The van der Waals surface area contributed by atoms with Gasteiger partial charge in [-0.3, -0.25) is 4.79 Å². The fraction of sp³-hybridized carbons (Fsp3) is 0.375. The molecule has 1 aromatic carbocycles. The second kappa shape index (κ2) is 6.64. The Morgan fingerprint density at radius 3 is 2.67 bits per heavy atom. The molecule has 1 fully saturated rings. The summed E-state index contributed by atoms with van der Waals surface area (Å²) in [6.45, 7) is 0.795. The lowest BCUT2D eigenvalue weighted by atomic mass is 10.0. The number of ether oxygens (including phenoxy) is 1. The molecule has 1 aliphatic heterocycles. The van der Waals surface area contributed by atoms with Crippen molar-refractivity contribution in [1.82, 2.24) is 9.78 Å². The van der Waals surface area contributed by atoms with Gasteiger partial charge >= 0.3 is 6.18 Å². The standard InChI is InChI=1S/C16H16F3N3O2/c17-16(18,19)14-13(21-15(23)11-5-4-8-24-10-11)9-20-22(14)12-6-2-1-3-7-12/h1-3,6-7,9,11H,4-5,8,10H2,(H,21,23)/t11-/m1/s1. The van der Waals surface area contributed by atoms with Gasteiger partial charge in [-0.25, -0.2) is 4.68 Å². The number of carbonyl (C=O) groups excluding carboxylic acids is 1. The summed E-state index contributed by atoms with van der Waals surface area (Å²) >= 11 is 0. The van der Waals surface area contributed by atoms with Crippen molar-refractivity contribution < 1.29 is 22.7 Å². The highest BCUT2D eigenvalue weighted by Gasteiger charge is 2.39. The Kier molecular flexibility index (Phi) is 4.57. The lowest BCUT2D eigenvalue weighted by Gasteiger charge is -2.21. The van der Waals surface area contributed by atoms with Crippen LogP contribution < -0.4 is 5.32 Å². The summed E-state index contributed by atoms with van der Waals surface area (Å²) in [5, 5.41) is 6.16. The molecule has 8 heteroatoms. The molecule has 2 aromatic rings. The Hall–Kier alpha value is -2.35. The van der Waals surface area contributed by atoms with Gasteiger partial charge in [-0.1, -0.05) is 18.2 Å².